The van der Waals surface area contributed by atoms with E-state index in [0.717, 1.165) is 5.69 Å². The first-order valence-corrected chi connectivity index (χ1v) is 18.7. The summed E-state index contributed by atoms with van der Waals surface area (Å²) in [5.74, 6) is 3.46. The second-order valence-electron chi connectivity index (χ2n) is 10.0. The van der Waals surface area contributed by atoms with Crippen molar-refractivity contribution in [1.82, 2.24) is 24.8 Å². The molecule has 4 N–H and O–H groups in total. The van der Waals surface area contributed by atoms with Gasteiger partial charge in [-0.15, -0.1) is 11.5 Å². The van der Waals surface area contributed by atoms with E-state index in [9.17, 15) is 16.8 Å². The average molecular weight is 727 g/mol. The van der Waals surface area contributed by atoms with Crippen molar-refractivity contribution in [3.63, 3.8) is 0 Å². The van der Waals surface area contributed by atoms with Crippen LogP contribution >= 0.6 is 0 Å². The molecule has 1 aromatic heterocycles. The third-order valence-electron chi connectivity index (χ3n) is 6.29. The zero-order valence-corrected chi connectivity index (χ0v) is 28.2. The Morgan fingerprint density at radius 3 is 1.77 bits per heavy atom. The predicted molar refractivity (Wildman–Crippen MR) is 187 cm³/mol. The Bertz CT molecular complexity index is 1210. The van der Waals surface area contributed by atoms with Crippen molar-refractivity contribution in [2.45, 2.75) is 27.9 Å². The van der Waals surface area contributed by atoms with Crippen molar-refractivity contribution < 1.29 is 35.8 Å². The number of azide groups is 1. The fraction of sp³-hybridized carbons (Fsp3) is 0.857. The molecule has 2 aliphatic heterocycles. The zero-order chi connectivity index (χ0) is 33.9. The monoisotopic (exact) mass is 726 g/mol. The minimum atomic E-state index is -2.84. The second kappa shape index (κ2) is 29.5. The van der Waals surface area contributed by atoms with Gasteiger partial charge in [-0.3, -0.25) is 9.80 Å². The Morgan fingerprint density at radius 2 is 1.29 bits per heavy atom. The summed E-state index contributed by atoms with van der Waals surface area (Å²) in [5, 5.41) is 11.5. The lowest BCUT2D eigenvalue weighted by Crippen LogP contribution is -2.40. The fourth-order valence-corrected chi connectivity index (χ4v) is 6.37. The summed E-state index contributed by atoms with van der Waals surface area (Å²) >= 11 is 0. The van der Waals surface area contributed by atoms with Gasteiger partial charge in [0.1, 0.15) is 0 Å². The van der Waals surface area contributed by atoms with Crippen LogP contribution < -0.4 is 11.5 Å². The first kappa shape index (κ1) is 47.7. The van der Waals surface area contributed by atoms with E-state index < -0.39 is 19.7 Å². The van der Waals surface area contributed by atoms with E-state index in [1.165, 1.54) is 0 Å². The highest BCUT2D eigenvalue weighted by atomic mass is 32.2. The molecule has 0 unspecified atom stereocenters. The molecule has 2 saturated heterocycles. The van der Waals surface area contributed by atoms with Gasteiger partial charge in [0.15, 0.2) is 19.7 Å². The standard InChI is InChI=1S/C13H25N5O4S.C7H11NO2S.C6H14N4O2.2CH4/c14-1-5-21-7-8-22-6-2-18-12-13(15-16-18)11-17-3-9-23(19,20)10-4-17;1-2-3-8-4-6-11(9,10)7-5-8;7-1-3-11-5-6-12-4-2-9-10-8;;/h12H,1-11,14H2;1H,3-7H2;1-7H2;2*1H4. The summed E-state index contributed by atoms with van der Waals surface area (Å²) in [7, 11) is -5.59. The first-order chi connectivity index (χ1) is 22.1. The van der Waals surface area contributed by atoms with E-state index in [1.54, 1.807) is 4.68 Å². The van der Waals surface area contributed by atoms with Gasteiger partial charge in [0.2, 0.25) is 0 Å². The number of hydrogen-bond donors (Lipinski definition) is 2. The SMILES string of the molecule is C.C.C#CCN1CCS(=O)(=O)CC1.NCCOCCOCCn1cc(CN2CCS(=O)(=O)CC2)nn1.[N-]=[N+]=NCCOCCOCCN. The van der Waals surface area contributed by atoms with Crippen molar-refractivity contribution in [2.75, 3.05) is 128 Å². The van der Waals surface area contributed by atoms with Gasteiger partial charge in [-0.1, -0.05) is 31.1 Å². The molecular formula is C28H58N10O8S2. The lowest BCUT2D eigenvalue weighted by Gasteiger charge is -2.25. The van der Waals surface area contributed by atoms with Crippen LogP contribution in [0.15, 0.2) is 11.3 Å². The second-order valence-corrected chi connectivity index (χ2v) is 14.6. The van der Waals surface area contributed by atoms with Gasteiger partial charge in [-0.25, -0.2) is 21.5 Å². The largest absolute Gasteiger partial charge is 0.379 e. The van der Waals surface area contributed by atoms with Gasteiger partial charge in [-0.05, 0) is 5.53 Å². The molecule has 0 spiro atoms. The highest BCUT2D eigenvalue weighted by Crippen LogP contribution is 2.07. The van der Waals surface area contributed by atoms with E-state index in [-0.39, 0.29) is 37.9 Å². The molecule has 0 aromatic carbocycles. The molecular weight excluding hydrogens is 669 g/mol. The van der Waals surface area contributed by atoms with Gasteiger partial charge < -0.3 is 30.4 Å². The number of sulfone groups is 2. The summed E-state index contributed by atoms with van der Waals surface area (Å²) in [6.07, 6.45) is 6.96. The van der Waals surface area contributed by atoms with E-state index in [2.05, 4.69) is 31.2 Å². The molecule has 0 amide bonds. The van der Waals surface area contributed by atoms with Gasteiger partial charge in [0, 0.05) is 63.5 Å². The van der Waals surface area contributed by atoms with Crippen LogP contribution in [-0.2, 0) is 51.7 Å². The first-order valence-electron chi connectivity index (χ1n) is 15.0. The Labute approximate surface area is 287 Å². The van der Waals surface area contributed by atoms with Crippen LogP contribution in [0.3, 0.4) is 0 Å². The number of nitrogens with zero attached hydrogens (tertiary/aromatic N) is 8. The van der Waals surface area contributed by atoms with Crippen LogP contribution in [-0.4, -0.2) is 170 Å². The molecule has 280 valence electrons. The molecule has 2 aliphatic rings. The predicted octanol–water partition coefficient (Wildman–Crippen LogP) is -0.589. The van der Waals surface area contributed by atoms with E-state index >= 15 is 0 Å². The van der Waals surface area contributed by atoms with Crippen LogP contribution in [0.2, 0.25) is 0 Å². The molecule has 0 radical (unpaired) electrons. The minimum absolute atomic E-state index is 0. The molecule has 18 nitrogen and oxygen atoms in total. The summed E-state index contributed by atoms with van der Waals surface area (Å²) in [5.41, 5.74) is 19.2. The third kappa shape index (κ3) is 25.6. The molecule has 3 heterocycles. The average Bonchev–Trinajstić information content (AvgIpc) is 3.48. The van der Waals surface area contributed by atoms with Crippen molar-refractivity contribution in [1.29, 1.82) is 0 Å². The van der Waals surface area contributed by atoms with E-state index in [0.29, 0.717) is 118 Å². The Balaban J connectivity index is 0. The number of nitrogens with two attached hydrogens (primary N) is 2. The number of terminal acetylenes is 1. The van der Waals surface area contributed by atoms with Crippen LogP contribution in [0.1, 0.15) is 20.5 Å². The molecule has 0 bridgehead atoms. The summed E-state index contributed by atoms with van der Waals surface area (Å²) in [6.45, 7) is 9.73. The summed E-state index contributed by atoms with van der Waals surface area (Å²) < 4.78 is 67.1. The van der Waals surface area contributed by atoms with Crippen molar-refractivity contribution in [3.05, 3.63) is 22.3 Å². The Kier molecular flexibility index (Phi) is 29.3. The number of hydrogen-bond acceptors (Lipinski definition) is 15. The van der Waals surface area contributed by atoms with E-state index in [1.807, 2.05) is 11.1 Å². The Hall–Kier alpha value is -2.41. The van der Waals surface area contributed by atoms with Crippen LogP contribution in [0.4, 0.5) is 0 Å². The van der Waals surface area contributed by atoms with Crippen molar-refractivity contribution in [2.24, 2.45) is 16.6 Å². The van der Waals surface area contributed by atoms with E-state index in [4.69, 9.17) is 42.4 Å². The maximum atomic E-state index is 11.4. The maximum absolute atomic E-state index is 11.4. The Morgan fingerprint density at radius 1 is 0.812 bits per heavy atom. The zero-order valence-electron chi connectivity index (χ0n) is 26.5. The molecule has 3 rings (SSSR count). The maximum Gasteiger partial charge on any atom is 0.152 e. The highest BCUT2D eigenvalue weighted by Gasteiger charge is 2.22. The molecule has 48 heavy (non-hydrogen) atoms. The van der Waals surface area contributed by atoms with Crippen LogP contribution in [0, 0.1) is 12.3 Å². The van der Waals surface area contributed by atoms with Gasteiger partial charge in [0.25, 0.3) is 0 Å². The lowest BCUT2D eigenvalue weighted by atomic mass is 10.4. The molecule has 0 saturated carbocycles. The lowest BCUT2D eigenvalue weighted by molar-refractivity contribution is 0.0466. The molecule has 2 fully saturated rings. The summed E-state index contributed by atoms with van der Waals surface area (Å²) in [6, 6.07) is 0. The fourth-order valence-electron chi connectivity index (χ4n) is 3.81. The smallest absolute Gasteiger partial charge is 0.152 e. The number of aromatic nitrogens is 3. The van der Waals surface area contributed by atoms with Crippen molar-refractivity contribution in [3.8, 4) is 12.3 Å². The van der Waals surface area contributed by atoms with Gasteiger partial charge in [0.05, 0.1) is 94.6 Å². The van der Waals surface area contributed by atoms with Crippen LogP contribution in [0.25, 0.3) is 10.4 Å². The normalized spacial score (nSPS) is 16.7. The topological polar surface area (TPSA) is 243 Å². The number of rotatable bonds is 19. The highest BCUT2D eigenvalue weighted by molar-refractivity contribution is 7.91. The molecule has 0 aliphatic carbocycles. The quantitative estimate of drug-likeness (QED) is 0.0595. The molecule has 20 heteroatoms. The van der Waals surface area contributed by atoms with Crippen molar-refractivity contribution >= 4 is 19.7 Å². The molecule has 0 atom stereocenters. The van der Waals surface area contributed by atoms with Gasteiger partial charge >= 0.3 is 0 Å². The summed E-state index contributed by atoms with van der Waals surface area (Å²) in [4.78, 5) is 6.64. The molecule has 1 aromatic rings. The number of ether oxygens (including phenoxy) is 4. The third-order valence-corrected chi connectivity index (χ3v) is 9.51. The van der Waals surface area contributed by atoms with Crippen LogP contribution in [0.5, 0.6) is 0 Å². The van der Waals surface area contributed by atoms with Gasteiger partial charge in [-0.2, -0.15) is 0 Å². The minimum Gasteiger partial charge on any atom is -0.379 e.